The topological polar surface area (TPSA) is 72.8 Å². The van der Waals surface area contributed by atoms with Gasteiger partial charge in [-0.1, -0.05) is 66.2 Å². The molecule has 0 N–H and O–H groups in total. The van der Waals surface area contributed by atoms with Crippen LogP contribution in [-0.4, -0.2) is 29.6 Å². The molecule has 0 spiro atoms. The summed E-state index contributed by atoms with van der Waals surface area (Å²) in [5.74, 6) is 0. The lowest BCUT2D eigenvalue weighted by atomic mass is 9.92. The number of benzene rings is 4. The Morgan fingerprint density at radius 2 is 1.47 bits per heavy atom. The minimum absolute atomic E-state index is 0.661. The molecule has 0 aliphatic heterocycles. The Hall–Kier alpha value is -4.43. The van der Waals surface area contributed by atoms with Crippen molar-refractivity contribution in [3.8, 4) is 43.4 Å². The number of hydrogen-bond donors (Lipinski definition) is 0. The highest BCUT2D eigenvalue weighted by molar-refractivity contribution is 7.91. The first kappa shape index (κ1) is 29.3. The van der Waals surface area contributed by atoms with E-state index in [4.69, 9.17) is 21.6 Å². The van der Waals surface area contributed by atoms with Gasteiger partial charge >= 0.3 is 0 Å². The van der Waals surface area contributed by atoms with Crippen LogP contribution in [0.3, 0.4) is 0 Å². The van der Waals surface area contributed by atoms with E-state index < -0.39 is 14.6 Å². The smallest absolute Gasteiger partial charge is 0.156 e. The summed E-state index contributed by atoms with van der Waals surface area (Å²) in [6.45, 7) is 3.50. The summed E-state index contributed by atoms with van der Waals surface area (Å²) < 4.78 is 24.6. The molecule has 5 nitrogen and oxygen atoms in total. The minimum Gasteiger partial charge on any atom is -0.256 e. The van der Waals surface area contributed by atoms with Crippen molar-refractivity contribution in [1.29, 1.82) is 0 Å². The number of pyridine rings is 2. The molecule has 45 heavy (non-hydrogen) atoms. The normalized spacial score (nSPS) is 12.2. The van der Waals surface area contributed by atoms with Crippen molar-refractivity contribution >= 4 is 54.6 Å². The highest BCUT2D eigenvalue weighted by Gasteiger charge is 2.33. The van der Waals surface area contributed by atoms with E-state index in [-0.39, 0.29) is 0 Å². The van der Waals surface area contributed by atoms with Crippen LogP contribution in [0, 0.1) is 0 Å². The number of halogens is 1. The zero-order chi connectivity index (χ0) is 31.3. The molecule has 3 aromatic heterocycles. The number of aromatic nitrogens is 3. The van der Waals surface area contributed by atoms with Crippen LogP contribution in [0.25, 0.3) is 65.2 Å². The Bertz CT molecular complexity index is 2340. The Morgan fingerprint density at radius 1 is 0.733 bits per heavy atom. The molecule has 0 bridgehead atoms. The van der Waals surface area contributed by atoms with Crippen LogP contribution in [0.5, 0.6) is 0 Å². The van der Waals surface area contributed by atoms with Crippen molar-refractivity contribution in [3.05, 3.63) is 126 Å². The number of nitrogens with zero attached hydrogens (tertiary/aromatic N) is 3. The maximum absolute atomic E-state index is 12.8. The van der Waals surface area contributed by atoms with Gasteiger partial charge in [-0.15, -0.1) is 11.3 Å². The van der Waals surface area contributed by atoms with Crippen LogP contribution in [-0.2, 0) is 14.6 Å². The predicted molar refractivity (Wildman–Crippen MR) is 187 cm³/mol. The third kappa shape index (κ3) is 5.31. The van der Waals surface area contributed by atoms with Gasteiger partial charge in [0.1, 0.15) is 5.01 Å². The van der Waals surface area contributed by atoms with Crippen molar-refractivity contribution in [2.45, 2.75) is 18.6 Å². The number of hydrogen-bond acceptors (Lipinski definition) is 6. The standard InChI is InChI=1S/C37H28ClN3O2S2/c1-37(2,45(3,42)43)27-21-25-10-6-19-40-33(25)31(22-27)24-8-4-9-26(20-24)35-34(23-14-16-28(38)17-15-23)41-36(44-35)30-11-5-13-32-29(30)12-7-18-39-32/h4-22H,1-3H3. The molecule has 0 radical (unpaired) electrons. The maximum Gasteiger partial charge on any atom is 0.156 e. The van der Waals surface area contributed by atoms with Crippen molar-refractivity contribution in [1.82, 2.24) is 15.0 Å². The second-order valence-electron chi connectivity index (χ2n) is 11.5. The van der Waals surface area contributed by atoms with Crippen LogP contribution in [0.1, 0.15) is 19.4 Å². The van der Waals surface area contributed by atoms with E-state index in [2.05, 4.69) is 29.2 Å². The molecule has 0 aliphatic carbocycles. The second kappa shape index (κ2) is 11.2. The predicted octanol–water partition coefficient (Wildman–Crippen LogP) is 9.84. The first-order valence-electron chi connectivity index (χ1n) is 14.4. The average molecular weight is 646 g/mol. The molecule has 7 aromatic rings. The summed E-state index contributed by atoms with van der Waals surface area (Å²) in [5.41, 5.74) is 8.10. The van der Waals surface area contributed by atoms with Gasteiger partial charge in [-0.3, -0.25) is 9.97 Å². The second-order valence-corrected chi connectivity index (χ2v) is 15.5. The van der Waals surface area contributed by atoms with Gasteiger partial charge < -0.3 is 0 Å². The molecule has 0 saturated carbocycles. The zero-order valence-electron chi connectivity index (χ0n) is 24.8. The fourth-order valence-electron chi connectivity index (χ4n) is 5.53. The average Bonchev–Trinajstić information content (AvgIpc) is 3.49. The Labute approximate surface area is 271 Å². The molecule has 0 aliphatic rings. The molecule has 222 valence electrons. The van der Waals surface area contributed by atoms with Gasteiger partial charge in [0, 0.05) is 51.1 Å². The van der Waals surface area contributed by atoms with Crippen LogP contribution in [0.2, 0.25) is 5.02 Å². The van der Waals surface area contributed by atoms with Gasteiger partial charge in [-0.05, 0) is 79.1 Å². The Morgan fingerprint density at radius 3 is 2.27 bits per heavy atom. The van der Waals surface area contributed by atoms with E-state index in [1.807, 2.05) is 78.9 Å². The lowest BCUT2D eigenvalue weighted by Gasteiger charge is -2.24. The number of fused-ring (bicyclic) bond motifs is 2. The van der Waals surface area contributed by atoms with E-state index in [0.717, 1.165) is 70.8 Å². The van der Waals surface area contributed by atoms with Crippen LogP contribution in [0.15, 0.2) is 116 Å². The molecule has 8 heteroatoms. The third-order valence-corrected chi connectivity index (χ3v) is 11.9. The molecular weight excluding hydrogens is 618 g/mol. The monoisotopic (exact) mass is 645 g/mol. The summed E-state index contributed by atoms with van der Waals surface area (Å²) in [7, 11) is -3.39. The van der Waals surface area contributed by atoms with Gasteiger partial charge in [0.25, 0.3) is 0 Å². The SMILES string of the molecule is CC(C)(c1cc(-c2cccc(-c3sc(-c4cccc5ncccc45)nc3-c3ccc(Cl)cc3)c2)c2ncccc2c1)S(C)(=O)=O. The molecule has 0 saturated heterocycles. The minimum atomic E-state index is -3.39. The largest absolute Gasteiger partial charge is 0.256 e. The molecule has 0 fully saturated rings. The zero-order valence-corrected chi connectivity index (χ0v) is 27.2. The van der Waals surface area contributed by atoms with E-state index in [1.165, 1.54) is 6.26 Å². The van der Waals surface area contributed by atoms with Gasteiger partial charge in [-0.25, -0.2) is 13.4 Å². The highest BCUT2D eigenvalue weighted by atomic mass is 35.5. The highest BCUT2D eigenvalue weighted by Crippen LogP contribution is 2.44. The first-order chi connectivity index (χ1) is 21.6. The Kier molecular flexibility index (Phi) is 7.28. The van der Waals surface area contributed by atoms with Crippen LogP contribution < -0.4 is 0 Å². The molecule has 0 unspecified atom stereocenters. The quantitative estimate of drug-likeness (QED) is 0.180. The van der Waals surface area contributed by atoms with Gasteiger partial charge in [0.05, 0.1) is 26.4 Å². The number of sulfone groups is 1. The van der Waals surface area contributed by atoms with Gasteiger partial charge in [0.2, 0.25) is 0 Å². The van der Waals surface area contributed by atoms with Crippen LogP contribution in [0.4, 0.5) is 0 Å². The van der Waals surface area contributed by atoms with Crippen molar-refractivity contribution in [3.63, 3.8) is 0 Å². The molecule has 7 rings (SSSR count). The third-order valence-electron chi connectivity index (χ3n) is 8.38. The fourth-order valence-corrected chi connectivity index (χ4v) is 7.32. The van der Waals surface area contributed by atoms with Gasteiger partial charge in [-0.2, -0.15) is 0 Å². The van der Waals surface area contributed by atoms with Crippen molar-refractivity contribution in [2.75, 3.05) is 6.26 Å². The van der Waals surface area contributed by atoms with Gasteiger partial charge in [0.15, 0.2) is 9.84 Å². The molecule has 0 atom stereocenters. The molecule has 0 amide bonds. The molecular formula is C37H28ClN3O2S2. The first-order valence-corrected chi connectivity index (χ1v) is 17.5. The van der Waals surface area contributed by atoms with E-state index in [1.54, 1.807) is 37.6 Å². The van der Waals surface area contributed by atoms with Crippen molar-refractivity contribution < 1.29 is 8.42 Å². The van der Waals surface area contributed by atoms with E-state index in [0.29, 0.717) is 5.02 Å². The number of rotatable bonds is 6. The fraction of sp³-hybridized carbons (Fsp3) is 0.108. The van der Waals surface area contributed by atoms with E-state index >= 15 is 0 Å². The summed E-state index contributed by atoms with van der Waals surface area (Å²) in [4.78, 5) is 15.5. The summed E-state index contributed by atoms with van der Waals surface area (Å²) in [6, 6.07) is 33.9. The summed E-state index contributed by atoms with van der Waals surface area (Å²) in [6.07, 6.45) is 4.85. The Balaban J connectivity index is 1.44. The molecule has 4 aromatic carbocycles. The van der Waals surface area contributed by atoms with Crippen molar-refractivity contribution in [2.24, 2.45) is 0 Å². The van der Waals surface area contributed by atoms with E-state index in [9.17, 15) is 8.42 Å². The lowest BCUT2D eigenvalue weighted by Crippen LogP contribution is -2.28. The summed E-state index contributed by atoms with van der Waals surface area (Å²) in [5, 5.41) is 3.48. The molecule has 3 heterocycles. The maximum atomic E-state index is 12.8. The lowest BCUT2D eigenvalue weighted by molar-refractivity contribution is 0.561. The van der Waals surface area contributed by atoms with Crippen LogP contribution >= 0.6 is 22.9 Å². The summed E-state index contributed by atoms with van der Waals surface area (Å²) >= 11 is 7.89. The number of thiazole rings is 1.